The van der Waals surface area contributed by atoms with Crippen LogP contribution in [0.25, 0.3) is 0 Å². The lowest BCUT2D eigenvalue weighted by molar-refractivity contribution is -0.155. The Bertz CT molecular complexity index is 1540. The van der Waals surface area contributed by atoms with Gasteiger partial charge in [-0.3, -0.25) is 0 Å². The number of hydrogen-bond donors (Lipinski definition) is 0. The van der Waals surface area contributed by atoms with E-state index in [0.29, 0.717) is 6.42 Å². The van der Waals surface area contributed by atoms with Gasteiger partial charge in [-0.05, 0) is 68.7 Å². The molecular weight excluding hydrogens is 1150 g/mol. The molecule has 0 aromatic heterocycles. The first-order valence-corrected chi connectivity index (χ1v) is 44.6. The number of rotatable bonds is 39. The molecule has 0 aromatic rings. The Morgan fingerprint density at radius 2 is 0.338 bits per heavy atom. The van der Waals surface area contributed by atoms with Gasteiger partial charge in [0.05, 0.1) is 0 Å². The molecule has 5 fully saturated rings. The smallest absolute Gasteiger partial charge is 0.353 e. The summed E-state index contributed by atoms with van der Waals surface area (Å²) in [6.45, 7) is 16.9. The maximum absolute atomic E-state index is 7.35. The topological polar surface area (TPSA) is 222 Å². The highest BCUT2D eigenvalue weighted by Crippen LogP contribution is 2.51. The van der Waals surface area contributed by atoms with Gasteiger partial charge in [-0.2, -0.15) is 0 Å². The number of unbranched alkanes of at least 4 members (excludes halogenated alkanes) is 19. The van der Waals surface area contributed by atoms with Crippen molar-refractivity contribution in [1.82, 2.24) is 0 Å². The van der Waals surface area contributed by atoms with Gasteiger partial charge < -0.3 is 102 Å². The summed E-state index contributed by atoms with van der Waals surface area (Å²) in [7, 11) is -50.4. The van der Waals surface area contributed by atoms with Crippen molar-refractivity contribution in [3.63, 3.8) is 0 Å². The van der Waals surface area contributed by atoms with E-state index < -0.39 is 90.2 Å². The summed E-state index contributed by atoms with van der Waals surface area (Å²) in [5, 5.41) is 0. The van der Waals surface area contributed by atoms with E-state index in [1.807, 2.05) is 0 Å². The second-order valence-corrected chi connectivity index (χ2v) is 43.8. The lowest BCUT2D eigenvalue weighted by atomic mass is 10.0. The Labute approximate surface area is 452 Å². The van der Waals surface area contributed by atoms with Crippen LogP contribution in [0.3, 0.4) is 0 Å². The van der Waals surface area contributed by atoms with Crippen LogP contribution in [0.15, 0.2) is 0 Å². The molecule has 0 aliphatic carbocycles. The van der Waals surface area contributed by atoms with Crippen LogP contribution in [0.4, 0.5) is 0 Å². The van der Waals surface area contributed by atoms with E-state index in [2.05, 4.69) is 6.92 Å². The maximum Gasteiger partial charge on any atom is 0.662 e. The van der Waals surface area contributed by atoms with Crippen molar-refractivity contribution < 1.29 is 102 Å². The summed E-state index contributed by atoms with van der Waals surface area (Å²) in [6, 6.07) is 0.0744. The first kappa shape index (κ1) is 64.4. The van der Waals surface area contributed by atoms with Gasteiger partial charge in [0.1, 0.15) is 0 Å². The summed E-state index contributed by atoms with van der Waals surface area (Å²) in [5.74, 6) is 0. The Hall–Kier alpha value is 1.21. The molecule has 24 nitrogen and oxygen atoms in total. The van der Waals surface area contributed by atoms with Crippen LogP contribution in [-0.4, -0.2) is 150 Å². The zero-order valence-corrected chi connectivity index (χ0v) is 56.0. The van der Waals surface area contributed by atoms with Crippen molar-refractivity contribution in [2.75, 3.05) is 59.5 Å². The minimum atomic E-state index is -5.11. The minimum absolute atomic E-state index is 0.0571. The summed E-state index contributed by atoms with van der Waals surface area (Å²) >= 11 is 0. The molecule has 0 saturated carbocycles. The molecule has 5 heterocycles. The first-order valence-electron chi connectivity index (χ1n) is 28.0. The van der Waals surface area contributed by atoms with Gasteiger partial charge in [0.25, 0.3) is 0 Å². The van der Waals surface area contributed by atoms with Crippen LogP contribution in [0.1, 0.15) is 198 Å². The highest BCUT2D eigenvalue weighted by Gasteiger charge is 2.91. The summed E-state index contributed by atoms with van der Waals surface area (Å²) in [6.07, 6.45) is 24.4. The van der Waals surface area contributed by atoms with Crippen LogP contribution in [0.5, 0.6) is 0 Å². The lowest BCUT2D eigenvalue weighted by Crippen LogP contribution is -2.90. The Morgan fingerprint density at radius 1 is 0.189 bits per heavy atom. The Kier molecular flexibility index (Phi) is 26.1. The fourth-order valence-corrected chi connectivity index (χ4v) is 56.1. The van der Waals surface area contributed by atoms with Crippen LogP contribution >= 0.6 is 0 Å². The van der Waals surface area contributed by atoms with E-state index in [9.17, 15) is 0 Å². The van der Waals surface area contributed by atoms with Crippen LogP contribution < -0.4 is 0 Å². The summed E-state index contributed by atoms with van der Waals surface area (Å²) in [5.41, 5.74) is 0. The highest BCUT2D eigenvalue weighted by molar-refractivity contribution is 6.98. The third-order valence-corrected chi connectivity index (χ3v) is 49.5. The molecule has 5 aliphatic rings. The average molecular weight is 1240 g/mol. The molecule has 434 valence electrons. The lowest BCUT2D eigenvalue weighted by Gasteiger charge is -2.58. The quantitative estimate of drug-likeness (QED) is 0.0417. The molecule has 10 bridgehead atoms. The van der Waals surface area contributed by atoms with E-state index in [0.717, 1.165) is 25.7 Å². The standard InChI is InChI=1S/C40H90O24Si10/c1-11-21-22-23-24-25-26-27-28-29-30-31-32-33-34-35-36-37-38-39-40-65-50-66(41-12-2)53-69(44-15-5)55-67(51-65,42-13-3)57-71(46-17-7)61-72(47-18-8)58-68(52-65,43-14-4)56-70(54-66,45-16-6)60-74(63-72,49-20-10)64-73(59-69,62-71)48-19-9/h11-40H2,1-10H3. The maximum atomic E-state index is 7.35. The van der Waals surface area contributed by atoms with Gasteiger partial charge in [0.2, 0.25) is 0 Å². The van der Waals surface area contributed by atoms with E-state index in [1.165, 1.54) is 96.3 Å². The predicted octanol–water partition coefficient (Wildman–Crippen LogP) is 8.33. The van der Waals surface area contributed by atoms with Gasteiger partial charge in [0, 0.05) is 65.5 Å². The molecule has 8 atom stereocenters. The molecule has 74 heavy (non-hydrogen) atoms. The van der Waals surface area contributed by atoms with Crippen molar-refractivity contribution in [2.24, 2.45) is 0 Å². The highest BCUT2D eigenvalue weighted by atomic mass is 28.7. The molecule has 0 amide bonds. The SMILES string of the molecule is CCCCCCCCCCCCCCCCCCCCCC[Si]12O[Si]3(OCC)O[Si]4(OCC)O[Si](OCC)(O1)O[Si]1(OCC)O[Si]5(OCC)O[Si](OCC)(O2)O[Si](OCC)(O3)O[Si](OCC)(O5)O[Si](OCC)(O4)O1. The molecule has 0 spiro atoms. The van der Waals surface area contributed by atoms with E-state index in [4.69, 9.17) is 102 Å². The van der Waals surface area contributed by atoms with Crippen molar-refractivity contribution in [2.45, 2.75) is 204 Å². The number of hydrogen-bond acceptors (Lipinski definition) is 24. The van der Waals surface area contributed by atoms with Crippen LogP contribution in [0, 0.1) is 0 Å². The van der Waals surface area contributed by atoms with Crippen LogP contribution in [0.2, 0.25) is 6.04 Å². The average Bonchev–Trinajstić information content (AvgIpc) is 3.29. The molecule has 0 radical (unpaired) electrons. The Balaban J connectivity index is 1.35. The number of fused-ring (bicyclic) bond motifs is 10. The Morgan fingerprint density at radius 3 is 0.500 bits per heavy atom. The zero-order chi connectivity index (χ0) is 53.2. The van der Waals surface area contributed by atoms with Crippen molar-refractivity contribution in [3.05, 3.63) is 0 Å². The third kappa shape index (κ3) is 16.9. The van der Waals surface area contributed by atoms with Crippen molar-refractivity contribution in [1.29, 1.82) is 0 Å². The van der Waals surface area contributed by atoms with Gasteiger partial charge in [-0.25, -0.2) is 0 Å². The first-order chi connectivity index (χ1) is 35.7. The second kappa shape index (κ2) is 30.0. The second-order valence-electron chi connectivity index (χ2n) is 18.1. The van der Waals surface area contributed by atoms with Gasteiger partial charge in [-0.15, -0.1) is 0 Å². The van der Waals surface area contributed by atoms with Crippen LogP contribution in [-0.2, 0) is 102 Å². The van der Waals surface area contributed by atoms with Gasteiger partial charge in [0.15, 0.2) is 0 Å². The molecule has 5 aliphatic heterocycles. The predicted molar refractivity (Wildman–Crippen MR) is 281 cm³/mol. The van der Waals surface area contributed by atoms with E-state index >= 15 is 0 Å². The molecule has 34 heteroatoms. The monoisotopic (exact) mass is 1230 g/mol. The normalized spacial score (nSPS) is 37.5. The largest absolute Gasteiger partial charge is 0.662 e. The minimum Gasteiger partial charge on any atom is -0.353 e. The molecule has 5 saturated heterocycles. The molecular formula is C40H90O24Si10. The molecule has 8 unspecified atom stereocenters. The molecule has 0 aromatic carbocycles. The van der Waals surface area contributed by atoms with Crippen molar-refractivity contribution in [3.8, 4) is 0 Å². The summed E-state index contributed by atoms with van der Waals surface area (Å²) < 4.78 is 165. The molecule has 5 rings (SSSR count). The third-order valence-electron chi connectivity index (χ3n) is 12.1. The fourth-order valence-electron chi connectivity index (χ4n) is 9.17. The van der Waals surface area contributed by atoms with E-state index in [-0.39, 0.29) is 65.5 Å². The van der Waals surface area contributed by atoms with Gasteiger partial charge in [-0.1, -0.05) is 129 Å². The fraction of sp³-hybridized carbons (Fsp3) is 1.00. The van der Waals surface area contributed by atoms with Crippen molar-refractivity contribution >= 4 is 90.2 Å². The van der Waals surface area contributed by atoms with Gasteiger partial charge >= 0.3 is 90.2 Å². The van der Waals surface area contributed by atoms with E-state index in [1.54, 1.807) is 62.3 Å². The summed E-state index contributed by atoms with van der Waals surface area (Å²) in [4.78, 5) is 0. The zero-order valence-electron chi connectivity index (χ0n) is 46.0. The molecule has 0 N–H and O–H groups in total.